The minimum Gasteiger partial charge on any atom is -0.375 e. The van der Waals surface area contributed by atoms with Crippen LogP contribution in [0.15, 0.2) is 17.5 Å². The molecule has 0 spiro atoms. The van der Waals surface area contributed by atoms with Gasteiger partial charge in [-0.3, -0.25) is 4.90 Å². The first-order valence-electron chi connectivity index (χ1n) is 8.09. The summed E-state index contributed by atoms with van der Waals surface area (Å²) in [6, 6.07) is 4.63. The molecule has 0 radical (unpaired) electrons. The second-order valence-corrected chi connectivity index (χ2v) is 7.10. The Labute approximate surface area is 136 Å². The molecule has 0 saturated carbocycles. The van der Waals surface area contributed by atoms with Gasteiger partial charge in [0.15, 0.2) is 0 Å². The highest BCUT2D eigenvalue weighted by Gasteiger charge is 2.37. The largest absolute Gasteiger partial charge is 0.375 e. The van der Waals surface area contributed by atoms with E-state index >= 15 is 0 Å². The number of nitrogens with one attached hydrogen (secondary N) is 1. The average molecular weight is 323 g/mol. The van der Waals surface area contributed by atoms with Gasteiger partial charge in [0, 0.05) is 24.5 Å². The van der Waals surface area contributed by atoms with Crippen molar-refractivity contribution in [2.45, 2.75) is 38.0 Å². The molecule has 5 nitrogen and oxygen atoms in total. The Morgan fingerprint density at radius 1 is 1.55 bits per heavy atom. The first-order chi connectivity index (χ1) is 10.7. The van der Waals surface area contributed by atoms with E-state index in [1.165, 1.54) is 4.88 Å². The zero-order valence-corrected chi connectivity index (χ0v) is 14.1. The molecule has 0 bridgehead atoms. The summed E-state index contributed by atoms with van der Waals surface area (Å²) in [5.74, 6) is 0. The van der Waals surface area contributed by atoms with Crippen LogP contribution in [0.25, 0.3) is 0 Å². The highest BCUT2D eigenvalue weighted by molar-refractivity contribution is 7.10. The summed E-state index contributed by atoms with van der Waals surface area (Å²) in [6.45, 7) is 5.40. The molecule has 22 heavy (non-hydrogen) atoms. The number of hydrogen-bond donors (Lipinski definition) is 1. The number of nitrogens with zero attached hydrogens (tertiary/aromatic N) is 2. The summed E-state index contributed by atoms with van der Waals surface area (Å²) in [4.78, 5) is 18.1. The van der Waals surface area contributed by atoms with Crippen molar-refractivity contribution < 1.29 is 9.53 Å². The third kappa shape index (κ3) is 3.29. The Hall–Kier alpha value is -1.11. The summed E-state index contributed by atoms with van der Waals surface area (Å²) in [7, 11) is 2.13. The summed E-state index contributed by atoms with van der Waals surface area (Å²) in [6.07, 6.45) is 2.12. The van der Waals surface area contributed by atoms with Crippen LogP contribution in [0.3, 0.4) is 0 Å². The summed E-state index contributed by atoms with van der Waals surface area (Å²) in [5, 5.41) is 5.25. The number of ether oxygens (including phenoxy) is 1. The molecular weight excluding hydrogens is 298 g/mol. The third-order valence-electron chi connectivity index (χ3n) is 4.74. The molecule has 2 aliphatic rings. The number of piperidine rings is 1. The maximum atomic E-state index is 12.6. The van der Waals surface area contributed by atoms with Crippen molar-refractivity contribution in [2.75, 3.05) is 33.3 Å². The van der Waals surface area contributed by atoms with Gasteiger partial charge < -0.3 is 15.0 Å². The van der Waals surface area contributed by atoms with Crippen molar-refractivity contribution in [1.82, 2.24) is 15.1 Å². The number of carbonyl (C=O) groups excluding carboxylic acids is 1. The number of likely N-dealkylation sites (N-methyl/N-ethyl adjacent to an activating group) is 1. The Morgan fingerprint density at radius 2 is 2.41 bits per heavy atom. The van der Waals surface area contributed by atoms with Gasteiger partial charge in [-0.25, -0.2) is 4.79 Å². The van der Waals surface area contributed by atoms with Crippen LogP contribution >= 0.6 is 11.3 Å². The van der Waals surface area contributed by atoms with Crippen molar-refractivity contribution in [3.05, 3.63) is 22.4 Å². The SMILES string of the molecule is CC[C@H](NC(=O)N1CC[C@@H]2OCCN(C)[C@H]2C1)c1cccs1. The molecule has 0 aliphatic carbocycles. The molecule has 1 N–H and O–H groups in total. The van der Waals surface area contributed by atoms with Gasteiger partial charge in [0.1, 0.15) is 0 Å². The molecule has 2 fully saturated rings. The van der Waals surface area contributed by atoms with Crippen LogP contribution in [0, 0.1) is 0 Å². The summed E-state index contributed by atoms with van der Waals surface area (Å²) < 4.78 is 5.84. The van der Waals surface area contributed by atoms with E-state index in [1.807, 2.05) is 11.0 Å². The molecule has 2 amide bonds. The molecule has 0 aromatic carbocycles. The first kappa shape index (κ1) is 15.8. The predicted octanol–water partition coefficient (Wildman–Crippen LogP) is 2.31. The number of rotatable bonds is 3. The molecule has 2 aliphatic heterocycles. The van der Waals surface area contributed by atoms with Gasteiger partial charge >= 0.3 is 6.03 Å². The normalized spacial score (nSPS) is 27.3. The molecule has 1 aromatic rings. The monoisotopic (exact) mass is 323 g/mol. The number of likely N-dealkylation sites (tertiary alicyclic amines) is 1. The first-order valence-corrected chi connectivity index (χ1v) is 8.97. The van der Waals surface area contributed by atoms with Crippen LogP contribution in [-0.4, -0.2) is 61.3 Å². The van der Waals surface area contributed by atoms with Gasteiger partial charge in [-0.15, -0.1) is 11.3 Å². The zero-order chi connectivity index (χ0) is 15.5. The summed E-state index contributed by atoms with van der Waals surface area (Å²) in [5.41, 5.74) is 0. The van der Waals surface area contributed by atoms with E-state index in [0.717, 1.165) is 39.1 Å². The Kier molecular flexibility index (Phi) is 5.00. The average Bonchev–Trinajstić information content (AvgIpc) is 3.06. The Morgan fingerprint density at radius 3 is 3.14 bits per heavy atom. The van der Waals surface area contributed by atoms with Crippen molar-refractivity contribution >= 4 is 17.4 Å². The van der Waals surface area contributed by atoms with Gasteiger partial charge in [0.05, 0.1) is 24.8 Å². The quantitative estimate of drug-likeness (QED) is 0.928. The van der Waals surface area contributed by atoms with Crippen molar-refractivity contribution in [2.24, 2.45) is 0 Å². The fourth-order valence-electron chi connectivity index (χ4n) is 3.33. The minimum absolute atomic E-state index is 0.0534. The van der Waals surface area contributed by atoms with Gasteiger partial charge in [0.2, 0.25) is 0 Å². The minimum atomic E-state index is 0.0534. The predicted molar refractivity (Wildman–Crippen MR) is 88.2 cm³/mol. The standard InChI is InChI=1S/C16H25N3O2S/c1-3-12(15-5-4-10-22-15)17-16(20)19-7-6-14-13(11-19)18(2)8-9-21-14/h4-5,10,12-14H,3,6-9,11H2,1-2H3,(H,17,20)/t12-,13-,14-/m0/s1. The molecule has 1 aromatic heterocycles. The van der Waals surface area contributed by atoms with Gasteiger partial charge in [-0.05, 0) is 31.3 Å². The molecule has 3 heterocycles. The lowest BCUT2D eigenvalue weighted by Crippen LogP contribution is -2.60. The van der Waals surface area contributed by atoms with E-state index in [9.17, 15) is 4.79 Å². The number of thiophene rings is 1. The highest BCUT2D eigenvalue weighted by atomic mass is 32.1. The van der Waals surface area contributed by atoms with E-state index in [0.29, 0.717) is 6.04 Å². The van der Waals surface area contributed by atoms with Crippen molar-refractivity contribution in [3.63, 3.8) is 0 Å². The van der Waals surface area contributed by atoms with Crippen LogP contribution in [0.4, 0.5) is 4.79 Å². The smallest absolute Gasteiger partial charge is 0.317 e. The van der Waals surface area contributed by atoms with Gasteiger partial charge in [-0.2, -0.15) is 0 Å². The topological polar surface area (TPSA) is 44.8 Å². The number of morpholine rings is 1. The Bertz CT molecular complexity index is 494. The van der Waals surface area contributed by atoms with Crippen LogP contribution < -0.4 is 5.32 Å². The number of amides is 2. The fourth-order valence-corrected chi connectivity index (χ4v) is 4.19. The lowest BCUT2D eigenvalue weighted by molar-refractivity contribution is -0.0882. The van der Waals surface area contributed by atoms with Crippen LogP contribution in [0.2, 0.25) is 0 Å². The molecule has 122 valence electrons. The van der Waals surface area contributed by atoms with Crippen molar-refractivity contribution in [3.8, 4) is 0 Å². The number of carbonyl (C=O) groups is 1. The summed E-state index contributed by atoms with van der Waals surface area (Å²) >= 11 is 1.70. The maximum Gasteiger partial charge on any atom is 0.317 e. The number of urea groups is 1. The fraction of sp³-hybridized carbons (Fsp3) is 0.688. The highest BCUT2D eigenvalue weighted by Crippen LogP contribution is 2.24. The van der Waals surface area contributed by atoms with E-state index in [2.05, 4.69) is 35.6 Å². The van der Waals surface area contributed by atoms with Crippen LogP contribution in [0.1, 0.15) is 30.7 Å². The molecular formula is C16H25N3O2S. The van der Waals surface area contributed by atoms with E-state index in [-0.39, 0.29) is 18.2 Å². The third-order valence-corrected chi connectivity index (χ3v) is 5.73. The molecule has 2 saturated heterocycles. The van der Waals surface area contributed by atoms with E-state index in [1.54, 1.807) is 11.3 Å². The molecule has 3 rings (SSSR count). The van der Waals surface area contributed by atoms with E-state index in [4.69, 9.17) is 4.74 Å². The van der Waals surface area contributed by atoms with E-state index < -0.39 is 0 Å². The van der Waals surface area contributed by atoms with Crippen molar-refractivity contribution in [1.29, 1.82) is 0 Å². The molecule has 6 heteroatoms. The van der Waals surface area contributed by atoms with Crippen LogP contribution in [-0.2, 0) is 4.74 Å². The lowest BCUT2D eigenvalue weighted by atomic mass is 9.99. The van der Waals surface area contributed by atoms with Gasteiger partial charge in [-0.1, -0.05) is 13.0 Å². The molecule has 0 unspecified atom stereocenters. The number of hydrogen-bond acceptors (Lipinski definition) is 4. The second-order valence-electron chi connectivity index (χ2n) is 6.12. The molecule has 3 atom stereocenters. The lowest BCUT2D eigenvalue weighted by Gasteiger charge is -2.45. The van der Waals surface area contributed by atoms with Crippen LogP contribution in [0.5, 0.6) is 0 Å². The second kappa shape index (κ2) is 6.98. The van der Waals surface area contributed by atoms with Gasteiger partial charge in [0.25, 0.3) is 0 Å². The zero-order valence-electron chi connectivity index (χ0n) is 13.3. The Balaban J connectivity index is 1.60. The maximum absolute atomic E-state index is 12.6. The number of fused-ring (bicyclic) bond motifs is 1.